The molecule has 94 valence electrons. The fourth-order valence-electron chi connectivity index (χ4n) is 2.35. The summed E-state index contributed by atoms with van der Waals surface area (Å²) in [6.45, 7) is 9.10. The minimum atomic E-state index is -0.287. The van der Waals surface area contributed by atoms with E-state index < -0.39 is 0 Å². The highest BCUT2D eigenvalue weighted by molar-refractivity contribution is 5.95. The number of ether oxygens (including phenoxy) is 1. The number of carbonyl (C=O) groups is 1. The zero-order chi connectivity index (χ0) is 12.6. The summed E-state index contributed by atoms with van der Waals surface area (Å²) in [4.78, 5) is 14.2. The maximum absolute atomic E-state index is 12.3. The van der Waals surface area contributed by atoms with Gasteiger partial charge in [-0.3, -0.25) is 9.89 Å². The van der Waals surface area contributed by atoms with Crippen molar-refractivity contribution in [1.82, 2.24) is 15.1 Å². The average molecular weight is 237 g/mol. The lowest BCUT2D eigenvalue weighted by atomic mass is 10.0. The maximum atomic E-state index is 12.3. The number of H-pyrrole nitrogens is 1. The van der Waals surface area contributed by atoms with Gasteiger partial charge in [0.25, 0.3) is 5.91 Å². The molecule has 0 aromatic carbocycles. The van der Waals surface area contributed by atoms with E-state index in [0.717, 1.165) is 5.69 Å². The van der Waals surface area contributed by atoms with Crippen molar-refractivity contribution in [1.29, 1.82) is 0 Å². The number of morpholine rings is 1. The Bertz CT molecular complexity index is 425. The molecule has 1 aromatic heterocycles. The SMILES string of the molecule is Cc1[nH]ncc1C(=O)N1CC(C)OC(C)(C)C1. The number of carbonyl (C=O) groups excluding carboxylic acids is 1. The summed E-state index contributed by atoms with van der Waals surface area (Å²) in [7, 11) is 0. The number of amides is 1. The number of aromatic nitrogens is 2. The van der Waals surface area contributed by atoms with Crippen LogP contribution in [0, 0.1) is 6.92 Å². The molecule has 1 aliphatic rings. The summed E-state index contributed by atoms with van der Waals surface area (Å²) in [6, 6.07) is 0. The summed E-state index contributed by atoms with van der Waals surface area (Å²) in [5, 5.41) is 6.68. The molecule has 1 fully saturated rings. The number of nitrogens with zero attached hydrogens (tertiary/aromatic N) is 2. The molecule has 1 atom stereocenters. The molecule has 0 aliphatic carbocycles. The Kier molecular flexibility index (Phi) is 2.95. The summed E-state index contributed by atoms with van der Waals surface area (Å²) in [5.41, 5.74) is 1.17. The van der Waals surface area contributed by atoms with Crippen LogP contribution in [0.5, 0.6) is 0 Å². The molecule has 17 heavy (non-hydrogen) atoms. The van der Waals surface area contributed by atoms with Crippen molar-refractivity contribution in [2.75, 3.05) is 13.1 Å². The summed E-state index contributed by atoms with van der Waals surface area (Å²) in [6.07, 6.45) is 1.65. The molecule has 0 saturated carbocycles. The normalized spacial score (nSPS) is 23.8. The molecule has 0 bridgehead atoms. The molecule has 2 heterocycles. The predicted octanol–water partition coefficient (Wildman–Crippen LogP) is 1.36. The van der Waals surface area contributed by atoms with Crippen molar-refractivity contribution in [3.8, 4) is 0 Å². The molecule has 1 aromatic rings. The van der Waals surface area contributed by atoms with Gasteiger partial charge in [-0.05, 0) is 27.7 Å². The molecule has 1 saturated heterocycles. The van der Waals surface area contributed by atoms with Gasteiger partial charge >= 0.3 is 0 Å². The summed E-state index contributed by atoms with van der Waals surface area (Å²) < 4.78 is 5.78. The van der Waals surface area contributed by atoms with E-state index in [-0.39, 0.29) is 17.6 Å². The van der Waals surface area contributed by atoms with Crippen LogP contribution in [0.25, 0.3) is 0 Å². The van der Waals surface area contributed by atoms with Gasteiger partial charge in [0.05, 0.1) is 23.5 Å². The molecular weight excluding hydrogens is 218 g/mol. The van der Waals surface area contributed by atoms with Crippen LogP contribution < -0.4 is 0 Å². The van der Waals surface area contributed by atoms with Gasteiger partial charge in [0.15, 0.2) is 0 Å². The van der Waals surface area contributed by atoms with E-state index in [1.807, 2.05) is 32.6 Å². The Hall–Kier alpha value is -1.36. The Labute approximate surface area is 101 Å². The first kappa shape index (κ1) is 12.1. The molecule has 0 radical (unpaired) electrons. The number of hydrogen-bond donors (Lipinski definition) is 1. The van der Waals surface area contributed by atoms with Gasteiger partial charge in [0, 0.05) is 18.8 Å². The molecular formula is C12H19N3O2. The van der Waals surface area contributed by atoms with E-state index >= 15 is 0 Å². The van der Waals surface area contributed by atoms with Gasteiger partial charge in [-0.1, -0.05) is 0 Å². The summed E-state index contributed by atoms with van der Waals surface area (Å²) >= 11 is 0. The maximum Gasteiger partial charge on any atom is 0.257 e. The highest BCUT2D eigenvalue weighted by Gasteiger charge is 2.34. The minimum absolute atomic E-state index is 0.0273. The number of aryl methyl sites for hydroxylation is 1. The third kappa shape index (κ3) is 2.49. The molecule has 2 rings (SSSR count). The third-order valence-electron chi connectivity index (χ3n) is 2.92. The van der Waals surface area contributed by atoms with Crippen molar-refractivity contribution < 1.29 is 9.53 Å². The van der Waals surface area contributed by atoms with E-state index in [9.17, 15) is 4.79 Å². The smallest absolute Gasteiger partial charge is 0.257 e. The first-order valence-electron chi connectivity index (χ1n) is 5.86. The van der Waals surface area contributed by atoms with Gasteiger partial charge in [0.2, 0.25) is 0 Å². The van der Waals surface area contributed by atoms with Crippen molar-refractivity contribution >= 4 is 5.91 Å². The molecule has 5 nitrogen and oxygen atoms in total. The minimum Gasteiger partial charge on any atom is -0.369 e. The fraction of sp³-hybridized carbons (Fsp3) is 0.667. The van der Waals surface area contributed by atoms with Crippen molar-refractivity contribution in [2.45, 2.75) is 39.4 Å². The first-order chi connectivity index (χ1) is 7.89. The Morgan fingerprint density at radius 2 is 2.35 bits per heavy atom. The second-order valence-electron chi connectivity index (χ2n) is 5.28. The van der Waals surface area contributed by atoms with E-state index in [4.69, 9.17) is 4.74 Å². The van der Waals surface area contributed by atoms with Crippen LogP contribution in [0.2, 0.25) is 0 Å². The van der Waals surface area contributed by atoms with Crippen LogP contribution in [-0.2, 0) is 4.74 Å². The van der Waals surface area contributed by atoms with Gasteiger partial charge < -0.3 is 9.64 Å². The number of hydrogen-bond acceptors (Lipinski definition) is 3. The lowest BCUT2D eigenvalue weighted by molar-refractivity contribution is -0.118. The van der Waals surface area contributed by atoms with Gasteiger partial charge in [-0.2, -0.15) is 5.10 Å². The van der Waals surface area contributed by atoms with Crippen LogP contribution in [0.15, 0.2) is 6.20 Å². The molecule has 0 spiro atoms. The van der Waals surface area contributed by atoms with E-state index in [2.05, 4.69) is 10.2 Å². The zero-order valence-electron chi connectivity index (χ0n) is 10.8. The van der Waals surface area contributed by atoms with Crippen molar-refractivity contribution in [3.05, 3.63) is 17.5 Å². The van der Waals surface area contributed by atoms with E-state index in [1.54, 1.807) is 6.20 Å². The van der Waals surface area contributed by atoms with Crippen LogP contribution >= 0.6 is 0 Å². The van der Waals surface area contributed by atoms with Gasteiger partial charge in [-0.15, -0.1) is 0 Å². The highest BCUT2D eigenvalue weighted by atomic mass is 16.5. The Morgan fingerprint density at radius 1 is 1.65 bits per heavy atom. The monoisotopic (exact) mass is 237 g/mol. The Balaban J connectivity index is 2.18. The van der Waals surface area contributed by atoms with E-state index in [1.165, 1.54) is 0 Å². The molecule has 1 N–H and O–H groups in total. The zero-order valence-corrected chi connectivity index (χ0v) is 10.8. The Morgan fingerprint density at radius 3 is 2.88 bits per heavy atom. The molecule has 1 aliphatic heterocycles. The quantitative estimate of drug-likeness (QED) is 0.802. The average Bonchev–Trinajstić information content (AvgIpc) is 2.60. The topological polar surface area (TPSA) is 58.2 Å². The standard InChI is InChI=1S/C12H19N3O2/c1-8-6-15(7-12(3,4)17-8)11(16)10-5-13-14-9(10)2/h5,8H,6-7H2,1-4H3,(H,13,14). The van der Waals surface area contributed by atoms with E-state index in [0.29, 0.717) is 18.7 Å². The van der Waals surface area contributed by atoms with Crippen LogP contribution in [-0.4, -0.2) is 45.8 Å². The number of nitrogens with one attached hydrogen (secondary N) is 1. The van der Waals surface area contributed by atoms with Crippen LogP contribution in [0.3, 0.4) is 0 Å². The van der Waals surface area contributed by atoms with Crippen molar-refractivity contribution in [3.63, 3.8) is 0 Å². The number of aromatic amines is 1. The molecule has 5 heteroatoms. The molecule has 1 amide bonds. The lowest BCUT2D eigenvalue weighted by Gasteiger charge is -2.41. The lowest BCUT2D eigenvalue weighted by Crippen LogP contribution is -2.53. The second-order valence-corrected chi connectivity index (χ2v) is 5.28. The van der Waals surface area contributed by atoms with Crippen LogP contribution in [0.4, 0.5) is 0 Å². The predicted molar refractivity (Wildman–Crippen MR) is 63.9 cm³/mol. The largest absolute Gasteiger partial charge is 0.369 e. The van der Waals surface area contributed by atoms with Gasteiger partial charge in [-0.25, -0.2) is 0 Å². The van der Waals surface area contributed by atoms with Crippen molar-refractivity contribution in [2.24, 2.45) is 0 Å². The summed E-state index contributed by atoms with van der Waals surface area (Å²) in [5.74, 6) is 0.0273. The highest BCUT2D eigenvalue weighted by Crippen LogP contribution is 2.22. The first-order valence-corrected chi connectivity index (χ1v) is 5.86. The van der Waals surface area contributed by atoms with Gasteiger partial charge in [0.1, 0.15) is 0 Å². The number of rotatable bonds is 1. The molecule has 1 unspecified atom stereocenters. The third-order valence-corrected chi connectivity index (χ3v) is 2.92. The second kappa shape index (κ2) is 4.14. The van der Waals surface area contributed by atoms with Crippen LogP contribution in [0.1, 0.15) is 36.8 Å². The fourth-order valence-corrected chi connectivity index (χ4v) is 2.35.